The number of hydrogen-bond donors (Lipinski definition) is 2. The highest BCUT2D eigenvalue weighted by Crippen LogP contribution is 2.21. The normalized spacial score (nSPS) is 15.6. The molecule has 25 heavy (non-hydrogen) atoms. The zero-order chi connectivity index (χ0) is 17.6. The van der Waals surface area contributed by atoms with Gasteiger partial charge in [0.1, 0.15) is 0 Å². The summed E-state index contributed by atoms with van der Waals surface area (Å²) in [6.07, 6.45) is 2.22. The Balaban J connectivity index is 1.55. The second-order valence-electron chi connectivity index (χ2n) is 6.69. The Morgan fingerprint density at radius 1 is 1.20 bits per heavy atom. The molecular weight excluding hydrogens is 312 g/mol. The van der Waals surface area contributed by atoms with Crippen LogP contribution in [0.4, 0.5) is 0 Å². The van der Waals surface area contributed by atoms with Crippen LogP contribution in [0.25, 0.3) is 0 Å². The molecule has 0 bridgehead atoms. The van der Waals surface area contributed by atoms with Crippen molar-refractivity contribution in [2.75, 3.05) is 13.1 Å². The lowest BCUT2D eigenvalue weighted by Gasteiger charge is -2.35. The Labute approximate surface area is 149 Å². The summed E-state index contributed by atoms with van der Waals surface area (Å²) in [5.41, 5.74) is 4.28. The van der Waals surface area contributed by atoms with Crippen LogP contribution in [0.1, 0.15) is 40.4 Å². The lowest BCUT2D eigenvalue weighted by atomic mass is 9.98. The number of nitrogens with one attached hydrogen (secondary N) is 1. The van der Waals surface area contributed by atoms with Crippen molar-refractivity contribution in [3.63, 3.8) is 0 Å². The molecule has 0 fully saturated rings. The summed E-state index contributed by atoms with van der Waals surface area (Å²) >= 11 is 0. The smallest absolute Gasteiger partial charge is 0.335 e. The summed E-state index contributed by atoms with van der Waals surface area (Å²) in [5.74, 6) is -0.875. The molecule has 0 aromatic heterocycles. The van der Waals surface area contributed by atoms with Crippen LogP contribution < -0.4 is 5.32 Å². The van der Waals surface area contributed by atoms with Crippen molar-refractivity contribution in [3.8, 4) is 0 Å². The van der Waals surface area contributed by atoms with Gasteiger partial charge in [0.15, 0.2) is 0 Å². The van der Waals surface area contributed by atoms with E-state index in [1.54, 1.807) is 18.2 Å². The molecule has 2 N–H and O–H groups in total. The van der Waals surface area contributed by atoms with E-state index in [0.29, 0.717) is 18.2 Å². The van der Waals surface area contributed by atoms with E-state index < -0.39 is 5.97 Å². The van der Waals surface area contributed by atoms with Crippen molar-refractivity contribution in [2.24, 2.45) is 0 Å². The van der Waals surface area contributed by atoms with Gasteiger partial charge in [0.25, 0.3) is 0 Å². The molecule has 0 spiro atoms. The summed E-state index contributed by atoms with van der Waals surface area (Å²) in [6.45, 7) is 5.96. The predicted molar refractivity (Wildman–Crippen MR) is 99.7 cm³/mol. The van der Waals surface area contributed by atoms with Crippen molar-refractivity contribution in [3.05, 3.63) is 70.8 Å². The average Bonchev–Trinajstić information content (AvgIpc) is 2.65. The fraction of sp³-hybridized carbons (Fsp3) is 0.381. The molecule has 4 nitrogen and oxygen atoms in total. The Morgan fingerprint density at radius 3 is 2.76 bits per heavy atom. The molecule has 4 heteroatoms. The minimum absolute atomic E-state index is 0.346. The van der Waals surface area contributed by atoms with Gasteiger partial charge in [-0.25, -0.2) is 4.79 Å². The van der Waals surface area contributed by atoms with Crippen LogP contribution in [-0.4, -0.2) is 35.1 Å². The first-order chi connectivity index (χ1) is 12.2. The molecule has 0 saturated heterocycles. The number of carboxylic acids is 1. The summed E-state index contributed by atoms with van der Waals surface area (Å²) in [5, 5.41) is 12.6. The molecule has 0 amide bonds. The van der Waals surface area contributed by atoms with Crippen LogP contribution in [0.5, 0.6) is 0 Å². The van der Waals surface area contributed by atoms with Gasteiger partial charge in [0.2, 0.25) is 0 Å². The van der Waals surface area contributed by atoms with Crippen molar-refractivity contribution >= 4 is 5.97 Å². The minimum Gasteiger partial charge on any atom is -0.478 e. The number of rotatable bonds is 7. The van der Waals surface area contributed by atoms with Gasteiger partial charge in [0, 0.05) is 32.2 Å². The fourth-order valence-corrected chi connectivity index (χ4v) is 3.56. The van der Waals surface area contributed by atoms with Gasteiger partial charge in [-0.2, -0.15) is 0 Å². The van der Waals surface area contributed by atoms with Gasteiger partial charge in [-0.3, -0.25) is 4.90 Å². The molecular formula is C21H26N2O2. The lowest BCUT2D eigenvalue weighted by Crippen LogP contribution is -2.44. The van der Waals surface area contributed by atoms with Crippen LogP contribution >= 0.6 is 0 Å². The molecule has 0 saturated carbocycles. The molecule has 1 heterocycles. The molecule has 1 atom stereocenters. The molecule has 1 aliphatic heterocycles. The first-order valence-electron chi connectivity index (χ1n) is 9.01. The van der Waals surface area contributed by atoms with E-state index in [0.717, 1.165) is 38.0 Å². The second-order valence-corrected chi connectivity index (χ2v) is 6.69. The van der Waals surface area contributed by atoms with E-state index in [1.807, 2.05) is 6.07 Å². The molecule has 132 valence electrons. The summed E-state index contributed by atoms with van der Waals surface area (Å²) in [6, 6.07) is 16.4. The fourth-order valence-electron chi connectivity index (χ4n) is 3.56. The molecule has 0 aliphatic carbocycles. The molecule has 2 aromatic carbocycles. The van der Waals surface area contributed by atoms with Crippen molar-refractivity contribution in [2.45, 2.75) is 38.9 Å². The number of carbonyl (C=O) groups is 1. The van der Waals surface area contributed by atoms with Crippen LogP contribution in [0, 0.1) is 0 Å². The van der Waals surface area contributed by atoms with E-state index in [2.05, 4.69) is 41.4 Å². The topological polar surface area (TPSA) is 52.6 Å². The standard InChI is InChI=1S/C21H26N2O2/c1-2-20(23-11-10-17-7-3-4-8-19(17)15-23)14-22-13-16-6-5-9-18(12-16)21(24)25/h3-9,12,20,22H,2,10-11,13-15H2,1H3,(H,24,25). The molecule has 2 aromatic rings. The van der Waals surface area contributed by atoms with Gasteiger partial charge in [-0.1, -0.05) is 43.3 Å². The van der Waals surface area contributed by atoms with E-state index in [1.165, 1.54) is 11.1 Å². The van der Waals surface area contributed by atoms with Crippen LogP contribution in [0.3, 0.4) is 0 Å². The van der Waals surface area contributed by atoms with Gasteiger partial charge in [-0.05, 0) is 41.7 Å². The highest BCUT2D eigenvalue weighted by atomic mass is 16.4. The molecule has 1 aliphatic rings. The van der Waals surface area contributed by atoms with Crippen molar-refractivity contribution in [1.29, 1.82) is 0 Å². The highest BCUT2D eigenvalue weighted by Gasteiger charge is 2.21. The number of fused-ring (bicyclic) bond motifs is 1. The Kier molecular flexibility index (Phi) is 5.84. The van der Waals surface area contributed by atoms with E-state index in [4.69, 9.17) is 5.11 Å². The Morgan fingerprint density at radius 2 is 2.00 bits per heavy atom. The van der Waals surface area contributed by atoms with Gasteiger partial charge in [-0.15, -0.1) is 0 Å². The molecule has 3 rings (SSSR count). The quantitative estimate of drug-likeness (QED) is 0.813. The number of nitrogens with zero attached hydrogens (tertiary/aromatic N) is 1. The maximum atomic E-state index is 11.1. The first-order valence-corrected chi connectivity index (χ1v) is 9.01. The van der Waals surface area contributed by atoms with Crippen LogP contribution in [-0.2, 0) is 19.5 Å². The first kappa shape index (κ1) is 17.6. The Hall–Kier alpha value is -2.17. The SMILES string of the molecule is CCC(CNCc1cccc(C(=O)O)c1)N1CCc2ccccc2C1. The zero-order valence-electron chi connectivity index (χ0n) is 14.7. The minimum atomic E-state index is -0.875. The van der Waals surface area contributed by atoms with Crippen LogP contribution in [0.2, 0.25) is 0 Å². The zero-order valence-corrected chi connectivity index (χ0v) is 14.7. The lowest BCUT2D eigenvalue weighted by molar-refractivity contribution is 0.0696. The maximum Gasteiger partial charge on any atom is 0.335 e. The average molecular weight is 338 g/mol. The third-order valence-electron chi connectivity index (χ3n) is 5.03. The number of aromatic carboxylic acids is 1. The van der Waals surface area contributed by atoms with Gasteiger partial charge < -0.3 is 10.4 Å². The summed E-state index contributed by atoms with van der Waals surface area (Å²) < 4.78 is 0. The molecule has 0 radical (unpaired) electrons. The van der Waals surface area contributed by atoms with Crippen LogP contribution in [0.15, 0.2) is 48.5 Å². The summed E-state index contributed by atoms with van der Waals surface area (Å²) in [4.78, 5) is 13.6. The van der Waals surface area contributed by atoms with Gasteiger partial charge in [0.05, 0.1) is 5.56 Å². The van der Waals surface area contributed by atoms with E-state index in [9.17, 15) is 4.79 Å². The summed E-state index contributed by atoms with van der Waals surface area (Å²) in [7, 11) is 0. The largest absolute Gasteiger partial charge is 0.478 e. The monoisotopic (exact) mass is 338 g/mol. The second kappa shape index (κ2) is 8.28. The number of benzene rings is 2. The maximum absolute atomic E-state index is 11.1. The van der Waals surface area contributed by atoms with Gasteiger partial charge >= 0.3 is 5.97 Å². The van der Waals surface area contributed by atoms with Crippen molar-refractivity contribution < 1.29 is 9.90 Å². The Bertz CT molecular complexity index is 729. The third kappa shape index (κ3) is 4.47. The predicted octanol–water partition coefficient (Wildman–Crippen LogP) is 3.31. The third-order valence-corrected chi connectivity index (χ3v) is 5.03. The van der Waals surface area contributed by atoms with E-state index >= 15 is 0 Å². The number of carboxylic acid groups (broad SMARTS) is 1. The highest BCUT2D eigenvalue weighted by molar-refractivity contribution is 5.87. The van der Waals surface area contributed by atoms with Crippen molar-refractivity contribution in [1.82, 2.24) is 10.2 Å². The van der Waals surface area contributed by atoms with E-state index in [-0.39, 0.29) is 0 Å². The number of hydrogen-bond acceptors (Lipinski definition) is 3. The molecule has 1 unspecified atom stereocenters.